The van der Waals surface area contributed by atoms with Crippen molar-refractivity contribution in [3.05, 3.63) is 29.3 Å². The Balaban J connectivity index is 3.16. The monoisotopic (exact) mass is 149 g/mol. The number of quaternary nitrogens is 1. The lowest BCUT2D eigenvalue weighted by atomic mass is 10.1. The van der Waals surface area contributed by atoms with Crippen LogP contribution in [0.3, 0.4) is 0 Å². The summed E-state index contributed by atoms with van der Waals surface area (Å²) in [6.45, 7) is 2.06. The summed E-state index contributed by atoms with van der Waals surface area (Å²) in [4.78, 5) is 0. The second-order valence-electron chi connectivity index (χ2n) is 2.57. The van der Waals surface area contributed by atoms with Gasteiger partial charge in [0.05, 0.1) is 12.6 Å². The molecule has 58 valence electrons. The average molecular weight is 149 g/mol. The van der Waals surface area contributed by atoms with Gasteiger partial charge in [-0.15, -0.1) is 0 Å². The van der Waals surface area contributed by atoms with Gasteiger partial charge in [-0.05, 0) is 18.6 Å². The van der Waals surface area contributed by atoms with Crippen LogP contribution in [0.1, 0.15) is 11.1 Å². The van der Waals surface area contributed by atoms with E-state index in [4.69, 9.17) is 5.41 Å². The lowest BCUT2D eigenvalue weighted by molar-refractivity contribution is -0.539. The third kappa shape index (κ3) is 1.65. The van der Waals surface area contributed by atoms with Gasteiger partial charge in [0, 0.05) is 12.3 Å². The normalized spacial score (nSPS) is 9.64. The van der Waals surface area contributed by atoms with E-state index in [1.54, 1.807) is 0 Å². The summed E-state index contributed by atoms with van der Waals surface area (Å²) in [6.07, 6.45) is 1.38. The first-order chi connectivity index (χ1) is 5.27. The van der Waals surface area contributed by atoms with Crippen LogP contribution >= 0.6 is 0 Å². The Kier molecular flexibility index (Phi) is 2.39. The summed E-state index contributed by atoms with van der Waals surface area (Å²) < 4.78 is 0. The van der Waals surface area contributed by atoms with Crippen LogP contribution in [0.4, 0.5) is 5.69 Å². The molecule has 1 rings (SSSR count). The molecular weight excluding hydrogens is 136 g/mol. The Labute approximate surface area is 66.8 Å². The third-order valence-corrected chi connectivity index (χ3v) is 1.71. The molecule has 1 aromatic rings. The minimum Gasteiger partial charge on any atom is -0.316 e. The minimum atomic E-state index is 0.984. The molecule has 2 nitrogen and oxygen atoms in total. The predicted octanol–water partition coefficient (Wildman–Crippen LogP) is 0.817. The molecule has 1 aromatic carbocycles. The van der Waals surface area contributed by atoms with E-state index < -0.39 is 0 Å². The van der Waals surface area contributed by atoms with Gasteiger partial charge < -0.3 is 10.7 Å². The number of nitrogens with two attached hydrogens (primary N) is 1. The Morgan fingerprint density at radius 3 is 2.73 bits per heavy atom. The molecule has 0 aliphatic heterocycles. The van der Waals surface area contributed by atoms with E-state index >= 15 is 0 Å². The van der Waals surface area contributed by atoms with Crippen LogP contribution in [0, 0.1) is 12.3 Å². The molecule has 0 aliphatic rings. The lowest BCUT2D eigenvalue weighted by Gasteiger charge is -1.99. The quantitative estimate of drug-likeness (QED) is 0.461. The SMILES string of the molecule is C[NH2+]c1cc(C)ccc1C=N. The molecule has 0 unspecified atom stereocenters. The standard InChI is InChI=1S/C9H12N2/c1-7-3-4-8(6-10)9(5-7)11-2/h3-6,10-11H,1-2H3/p+1. The van der Waals surface area contributed by atoms with Crippen molar-refractivity contribution in [1.82, 2.24) is 0 Å². The summed E-state index contributed by atoms with van der Waals surface area (Å²) >= 11 is 0. The molecule has 0 fully saturated rings. The molecule has 0 radical (unpaired) electrons. The Hall–Kier alpha value is -1.15. The number of benzene rings is 1. The van der Waals surface area contributed by atoms with Crippen LogP contribution in [0.25, 0.3) is 0 Å². The maximum Gasteiger partial charge on any atom is 0.138 e. The maximum atomic E-state index is 7.11. The van der Waals surface area contributed by atoms with E-state index in [1.165, 1.54) is 11.8 Å². The molecule has 0 amide bonds. The highest BCUT2D eigenvalue weighted by atomic mass is 14.8. The van der Waals surface area contributed by atoms with E-state index in [0.717, 1.165) is 11.3 Å². The van der Waals surface area contributed by atoms with Gasteiger partial charge in [0.15, 0.2) is 0 Å². The zero-order valence-corrected chi connectivity index (χ0v) is 6.89. The van der Waals surface area contributed by atoms with E-state index in [9.17, 15) is 0 Å². The van der Waals surface area contributed by atoms with Gasteiger partial charge in [-0.3, -0.25) is 0 Å². The highest BCUT2D eigenvalue weighted by Crippen LogP contribution is 2.09. The second kappa shape index (κ2) is 3.30. The van der Waals surface area contributed by atoms with Crippen LogP contribution in [0.2, 0.25) is 0 Å². The lowest BCUT2D eigenvalue weighted by Crippen LogP contribution is -2.73. The zero-order valence-electron chi connectivity index (χ0n) is 6.89. The topological polar surface area (TPSA) is 40.5 Å². The number of hydrogen-bond acceptors (Lipinski definition) is 1. The molecule has 3 N–H and O–H groups in total. The van der Waals surface area contributed by atoms with Crippen LogP contribution in [-0.2, 0) is 0 Å². The summed E-state index contributed by atoms with van der Waals surface area (Å²) in [5.41, 5.74) is 3.36. The van der Waals surface area contributed by atoms with Gasteiger partial charge in [-0.2, -0.15) is 0 Å². The highest BCUT2D eigenvalue weighted by Gasteiger charge is 2.00. The Morgan fingerprint density at radius 1 is 1.45 bits per heavy atom. The molecule has 0 saturated carbocycles. The fourth-order valence-corrected chi connectivity index (χ4v) is 1.08. The summed E-state index contributed by atoms with van der Waals surface area (Å²) in [5.74, 6) is 0. The predicted molar refractivity (Wildman–Crippen MR) is 46.6 cm³/mol. The molecule has 0 aromatic heterocycles. The van der Waals surface area contributed by atoms with Crippen molar-refractivity contribution in [3.8, 4) is 0 Å². The summed E-state index contributed by atoms with van der Waals surface area (Å²) in [7, 11) is 1.99. The van der Waals surface area contributed by atoms with E-state index in [2.05, 4.69) is 13.0 Å². The third-order valence-electron chi connectivity index (χ3n) is 1.71. The Morgan fingerprint density at radius 2 is 2.18 bits per heavy atom. The van der Waals surface area contributed by atoms with E-state index in [1.807, 2.05) is 24.5 Å². The van der Waals surface area contributed by atoms with E-state index in [0.29, 0.717) is 0 Å². The number of rotatable bonds is 2. The number of aryl methyl sites for hydroxylation is 1. The fraction of sp³-hybridized carbons (Fsp3) is 0.222. The number of hydrogen-bond donors (Lipinski definition) is 2. The molecule has 0 saturated heterocycles. The van der Waals surface area contributed by atoms with Crippen molar-refractivity contribution in [3.63, 3.8) is 0 Å². The average Bonchev–Trinajstić information content (AvgIpc) is 2.04. The molecule has 0 heterocycles. The van der Waals surface area contributed by atoms with Crippen molar-refractivity contribution in [2.45, 2.75) is 6.92 Å². The van der Waals surface area contributed by atoms with Gasteiger partial charge in [0.2, 0.25) is 0 Å². The van der Waals surface area contributed by atoms with Gasteiger partial charge in [-0.25, -0.2) is 0 Å². The first-order valence-corrected chi connectivity index (χ1v) is 3.68. The zero-order chi connectivity index (χ0) is 8.27. The van der Waals surface area contributed by atoms with Crippen molar-refractivity contribution in [1.29, 1.82) is 5.41 Å². The second-order valence-corrected chi connectivity index (χ2v) is 2.57. The van der Waals surface area contributed by atoms with E-state index in [-0.39, 0.29) is 0 Å². The van der Waals surface area contributed by atoms with Crippen LogP contribution < -0.4 is 5.32 Å². The molecular formula is C9H13N2+. The molecule has 2 heteroatoms. The van der Waals surface area contributed by atoms with Crippen LogP contribution in [0.5, 0.6) is 0 Å². The van der Waals surface area contributed by atoms with Gasteiger partial charge >= 0.3 is 0 Å². The largest absolute Gasteiger partial charge is 0.316 e. The molecule has 0 atom stereocenters. The van der Waals surface area contributed by atoms with Crippen molar-refractivity contribution in [2.75, 3.05) is 7.05 Å². The molecule has 0 spiro atoms. The molecule has 11 heavy (non-hydrogen) atoms. The highest BCUT2D eigenvalue weighted by molar-refractivity contribution is 5.82. The first kappa shape index (κ1) is 7.95. The number of nitrogens with one attached hydrogen (secondary N) is 1. The van der Waals surface area contributed by atoms with Crippen LogP contribution in [-0.4, -0.2) is 13.3 Å². The van der Waals surface area contributed by atoms with Gasteiger partial charge in [0.1, 0.15) is 5.69 Å². The van der Waals surface area contributed by atoms with Crippen molar-refractivity contribution in [2.24, 2.45) is 0 Å². The summed E-state index contributed by atoms with van der Waals surface area (Å²) in [6, 6.07) is 6.07. The summed E-state index contributed by atoms with van der Waals surface area (Å²) in [5, 5.41) is 9.13. The Bertz CT molecular complexity index is 266. The van der Waals surface area contributed by atoms with Crippen molar-refractivity contribution < 1.29 is 5.32 Å². The fourth-order valence-electron chi connectivity index (χ4n) is 1.08. The molecule has 0 aliphatic carbocycles. The van der Waals surface area contributed by atoms with Gasteiger partial charge in [-0.1, -0.05) is 6.07 Å². The van der Waals surface area contributed by atoms with Crippen LogP contribution in [0.15, 0.2) is 18.2 Å². The molecule has 0 bridgehead atoms. The van der Waals surface area contributed by atoms with Gasteiger partial charge in [0.25, 0.3) is 0 Å². The first-order valence-electron chi connectivity index (χ1n) is 3.68. The smallest absolute Gasteiger partial charge is 0.138 e. The maximum absolute atomic E-state index is 7.11. The van der Waals surface area contributed by atoms with Crippen molar-refractivity contribution >= 4 is 11.9 Å². The minimum absolute atomic E-state index is 0.984.